The Balaban J connectivity index is 3.28. The number of aliphatic hydroxyl groups excluding tert-OH is 1. The van der Waals surface area contributed by atoms with Crippen molar-refractivity contribution in [1.82, 2.24) is 4.98 Å². The zero-order valence-corrected chi connectivity index (χ0v) is 9.99. The van der Waals surface area contributed by atoms with Crippen molar-refractivity contribution in [3.8, 4) is 0 Å². The standard InChI is InChI=1S/C8H7Cl3F2N2O/c9-3-1-15-7(11)5(10)4(3)6(14)8(12,13)2-16/h1,6,16H,2,14H2/t6-/m1/s1. The van der Waals surface area contributed by atoms with Crippen molar-refractivity contribution in [2.45, 2.75) is 12.0 Å². The average Bonchev–Trinajstić information content (AvgIpc) is 2.24. The number of pyridine rings is 1. The number of hydrogen-bond donors (Lipinski definition) is 2. The zero-order valence-electron chi connectivity index (χ0n) is 7.72. The van der Waals surface area contributed by atoms with Crippen LogP contribution < -0.4 is 5.73 Å². The van der Waals surface area contributed by atoms with E-state index in [4.69, 9.17) is 45.6 Å². The number of halogens is 5. The van der Waals surface area contributed by atoms with Crippen molar-refractivity contribution in [3.63, 3.8) is 0 Å². The minimum Gasteiger partial charge on any atom is -0.390 e. The number of nitrogens with zero attached hydrogens (tertiary/aromatic N) is 1. The SMILES string of the molecule is N[C@H](c1c(Cl)cnc(Cl)c1Cl)C(F)(F)CO. The Morgan fingerprint density at radius 2 is 2.00 bits per heavy atom. The van der Waals surface area contributed by atoms with Crippen LogP contribution in [0.4, 0.5) is 8.78 Å². The van der Waals surface area contributed by atoms with Crippen LogP contribution >= 0.6 is 34.8 Å². The van der Waals surface area contributed by atoms with Gasteiger partial charge in [0.25, 0.3) is 5.92 Å². The normalized spacial score (nSPS) is 13.9. The molecule has 0 aromatic carbocycles. The number of aromatic nitrogens is 1. The van der Waals surface area contributed by atoms with Crippen molar-refractivity contribution in [2.24, 2.45) is 5.73 Å². The number of alkyl halides is 2. The van der Waals surface area contributed by atoms with Crippen LogP contribution in [0.15, 0.2) is 6.20 Å². The van der Waals surface area contributed by atoms with E-state index in [2.05, 4.69) is 4.98 Å². The van der Waals surface area contributed by atoms with Crippen LogP contribution in [-0.2, 0) is 0 Å². The first-order chi connectivity index (χ1) is 7.31. The summed E-state index contributed by atoms with van der Waals surface area (Å²) in [5.74, 6) is -3.54. The monoisotopic (exact) mass is 290 g/mol. The molecule has 1 rings (SSSR count). The van der Waals surface area contributed by atoms with Crippen LogP contribution in [0.1, 0.15) is 11.6 Å². The van der Waals surface area contributed by atoms with Crippen LogP contribution in [-0.4, -0.2) is 22.6 Å². The van der Waals surface area contributed by atoms with E-state index in [1.807, 2.05) is 0 Å². The van der Waals surface area contributed by atoms with E-state index in [0.717, 1.165) is 6.20 Å². The molecule has 0 aliphatic carbocycles. The Morgan fingerprint density at radius 1 is 1.44 bits per heavy atom. The number of nitrogens with two attached hydrogens (primary N) is 1. The summed E-state index contributed by atoms with van der Waals surface area (Å²) in [6.07, 6.45) is 1.07. The number of aliphatic hydroxyl groups is 1. The fourth-order valence-electron chi connectivity index (χ4n) is 1.05. The third-order valence-corrected chi connectivity index (χ3v) is 3.01. The highest BCUT2D eigenvalue weighted by Gasteiger charge is 2.40. The van der Waals surface area contributed by atoms with Gasteiger partial charge in [0.15, 0.2) is 0 Å². The van der Waals surface area contributed by atoms with E-state index >= 15 is 0 Å². The molecule has 1 heterocycles. The fourth-order valence-corrected chi connectivity index (χ4v) is 1.78. The quantitative estimate of drug-likeness (QED) is 0.842. The minimum atomic E-state index is -3.54. The molecule has 1 atom stereocenters. The summed E-state index contributed by atoms with van der Waals surface area (Å²) in [5.41, 5.74) is 5.05. The maximum atomic E-state index is 13.2. The van der Waals surface area contributed by atoms with E-state index in [-0.39, 0.29) is 20.8 Å². The van der Waals surface area contributed by atoms with Gasteiger partial charge in [0.05, 0.1) is 16.1 Å². The summed E-state index contributed by atoms with van der Waals surface area (Å²) in [4.78, 5) is 3.57. The lowest BCUT2D eigenvalue weighted by Crippen LogP contribution is -2.36. The van der Waals surface area contributed by atoms with Gasteiger partial charge in [-0.15, -0.1) is 0 Å². The molecule has 0 bridgehead atoms. The van der Waals surface area contributed by atoms with Gasteiger partial charge in [0, 0.05) is 11.8 Å². The molecular weight excluding hydrogens is 284 g/mol. The highest BCUT2D eigenvalue weighted by molar-refractivity contribution is 6.43. The van der Waals surface area contributed by atoms with Gasteiger partial charge in [0.1, 0.15) is 11.8 Å². The molecule has 0 saturated heterocycles. The second-order valence-corrected chi connectivity index (χ2v) is 4.16. The van der Waals surface area contributed by atoms with Gasteiger partial charge in [-0.2, -0.15) is 0 Å². The molecular formula is C8H7Cl3F2N2O. The summed E-state index contributed by atoms with van der Waals surface area (Å²) in [5, 5.41) is 7.97. The van der Waals surface area contributed by atoms with Gasteiger partial charge in [-0.05, 0) is 0 Å². The maximum absolute atomic E-state index is 13.2. The van der Waals surface area contributed by atoms with E-state index in [1.54, 1.807) is 0 Å². The molecule has 1 aromatic rings. The Hall–Kier alpha value is -0.200. The van der Waals surface area contributed by atoms with Crippen LogP contribution in [0.3, 0.4) is 0 Å². The predicted octanol–water partition coefficient (Wildman–Crippen LogP) is 2.67. The smallest absolute Gasteiger partial charge is 0.289 e. The first kappa shape index (κ1) is 13.9. The van der Waals surface area contributed by atoms with Crippen LogP contribution in [0, 0.1) is 0 Å². The van der Waals surface area contributed by atoms with Gasteiger partial charge in [-0.1, -0.05) is 34.8 Å². The molecule has 0 radical (unpaired) electrons. The van der Waals surface area contributed by atoms with Crippen LogP contribution in [0.25, 0.3) is 0 Å². The van der Waals surface area contributed by atoms with Crippen molar-refractivity contribution in [2.75, 3.05) is 6.61 Å². The second kappa shape index (κ2) is 4.98. The van der Waals surface area contributed by atoms with Gasteiger partial charge in [-0.3, -0.25) is 0 Å². The molecule has 0 amide bonds. The zero-order chi connectivity index (χ0) is 12.5. The van der Waals surface area contributed by atoms with Crippen molar-refractivity contribution in [1.29, 1.82) is 0 Å². The molecule has 0 spiro atoms. The molecule has 0 aliphatic heterocycles. The average molecular weight is 292 g/mol. The Morgan fingerprint density at radius 3 is 2.50 bits per heavy atom. The van der Waals surface area contributed by atoms with Crippen LogP contribution in [0.2, 0.25) is 15.2 Å². The molecule has 0 fully saturated rings. The number of rotatable bonds is 3. The molecule has 90 valence electrons. The maximum Gasteiger partial charge on any atom is 0.289 e. The van der Waals surface area contributed by atoms with E-state index in [1.165, 1.54) is 0 Å². The number of hydrogen-bond acceptors (Lipinski definition) is 3. The largest absolute Gasteiger partial charge is 0.390 e. The summed E-state index contributed by atoms with van der Waals surface area (Å²) >= 11 is 16.9. The molecule has 0 aliphatic rings. The lowest BCUT2D eigenvalue weighted by atomic mass is 10.0. The predicted molar refractivity (Wildman–Crippen MR) is 58.2 cm³/mol. The Bertz CT molecular complexity index is 403. The lowest BCUT2D eigenvalue weighted by Gasteiger charge is -2.23. The third kappa shape index (κ3) is 2.55. The van der Waals surface area contributed by atoms with Crippen LogP contribution in [0.5, 0.6) is 0 Å². The summed E-state index contributed by atoms with van der Waals surface area (Å²) in [7, 11) is 0. The molecule has 3 nitrogen and oxygen atoms in total. The molecule has 3 N–H and O–H groups in total. The van der Waals surface area contributed by atoms with Gasteiger partial charge >= 0.3 is 0 Å². The first-order valence-corrected chi connectivity index (χ1v) is 5.18. The van der Waals surface area contributed by atoms with Gasteiger partial charge in [-0.25, -0.2) is 13.8 Å². The van der Waals surface area contributed by atoms with Gasteiger partial charge < -0.3 is 10.8 Å². The highest BCUT2D eigenvalue weighted by atomic mass is 35.5. The van der Waals surface area contributed by atoms with E-state index in [0.29, 0.717) is 0 Å². The third-order valence-electron chi connectivity index (χ3n) is 1.94. The van der Waals surface area contributed by atoms with Crippen molar-refractivity contribution < 1.29 is 13.9 Å². The Kier molecular flexibility index (Phi) is 4.31. The topological polar surface area (TPSA) is 59.1 Å². The van der Waals surface area contributed by atoms with E-state index in [9.17, 15) is 8.78 Å². The Labute approximate surface area is 105 Å². The molecule has 16 heavy (non-hydrogen) atoms. The first-order valence-electron chi connectivity index (χ1n) is 4.05. The minimum absolute atomic E-state index is 0.130. The summed E-state index contributed by atoms with van der Waals surface area (Å²) < 4.78 is 26.3. The summed E-state index contributed by atoms with van der Waals surface area (Å²) in [6.45, 7) is -1.42. The molecule has 0 saturated carbocycles. The highest BCUT2D eigenvalue weighted by Crippen LogP contribution is 2.39. The summed E-state index contributed by atoms with van der Waals surface area (Å²) in [6, 6.07) is -1.85. The van der Waals surface area contributed by atoms with Gasteiger partial charge in [0.2, 0.25) is 0 Å². The molecule has 8 heteroatoms. The van der Waals surface area contributed by atoms with Crippen molar-refractivity contribution in [3.05, 3.63) is 27.0 Å². The molecule has 1 aromatic heterocycles. The lowest BCUT2D eigenvalue weighted by molar-refractivity contribution is -0.0711. The van der Waals surface area contributed by atoms with E-state index < -0.39 is 18.6 Å². The second-order valence-electron chi connectivity index (χ2n) is 3.02. The fraction of sp³-hybridized carbons (Fsp3) is 0.375. The van der Waals surface area contributed by atoms with Crippen molar-refractivity contribution >= 4 is 34.8 Å². The molecule has 0 unspecified atom stereocenters.